The largest absolute Gasteiger partial charge is 0.497 e. The van der Waals surface area contributed by atoms with Crippen LogP contribution in [-0.4, -0.2) is 18.2 Å². The SMILES string of the molecule is COc1ccc(C#Cc2cc(CO)cc(C)c2OC(C)=O)cc1. The Bertz CT molecular complexity index is 764. The molecule has 4 heteroatoms. The minimum Gasteiger partial charge on any atom is -0.497 e. The minimum absolute atomic E-state index is 0.0988. The maximum absolute atomic E-state index is 11.3. The molecule has 0 atom stereocenters. The zero-order chi connectivity index (χ0) is 16.8. The number of carbonyl (C=O) groups excluding carboxylic acids is 1. The smallest absolute Gasteiger partial charge is 0.308 e. The third-order valence-electron chi connectivity index (χ3n) is 3.19. The van der Waals surface area contributed by atoms with Gasteiger partial charge in [-0.1, -0.05) is 11.8 Å². The lowest BCUT2D eigenvalue weighted by atomic mass is 10.0. The highest BCUT2D eigenvalue weighted by Gasteiger charge is 2.10. The molecule has 0 aliphatic carbocycles. The number of esters is 1. The van der Waals surface area contributed by atoms with Crippen LogP contribution in [0.3, 0.4) is 0 Å². The second-order valence-electron chi connectivity index (χ2n) is 5.02. The summed E-state index contributed by atoms with van der Waals surface area (Å²) in [5.41, 5.74) is 2.86. The summed E-state index contributed by atoms with van der Waals surface area (Å²) in [4.78, 5) is 11.3. The Morgan fingerprint density at radius 1 is 1.17 bits per heavy atom. The minimum atomic E-state index is -0.405. The molecule has 23 heavy (non-hydrogen) atoms. The second kappa shape index (κ2) is 7.48. The fourth-order valence-corrected chi connectivity index (χ4v) is 2.13. The van der Waals surface area contributed by atoms with Crippen LogP contribution in [0, 0.1) is 18.8 Å². The lowest BCUT2D eigenvalue weighted by molar-refractivity contribution is -0.131. The van der Waals surface area contributed by atoms with E-state index in [1.54, 1.807) is 19.2 Å². The van der Waals surface area contributed by atoms with Gasteiger partial charge < -0.3 is 14.6 Å². The Balaban J connectivity index is 2.42. The van der Waals surface area contributed by atoms with Gasteiger partial charge in [-0.15, -0.1) is 0 Å². The van der Waals surface area contributed by atoms with Gasteiger partial charge in [0, 0.05) is 12.5 Å². The van der Waals surface area contributed by atoms with Gasteiger partial charge in [0.05, 0.1) is 19.3 Å². The number of carbonyl (C=O) groups is 1. The van der Waals surface area contributed by atoms with E-state index in [0.29, 0.717) is 11.3 Å². The summed E-state index contributed by atoms with van der Waals surface area (Å²) < 4.78 is 10.4. The first-order valence-corrected chi connectivity index (χ1v) is 7.12. The quantitative estimate of drug-likeness (QED) is 0.538. The van der Waals surface area contributed by atoms with Gasteiger partial charge in [0.2, 0.25) is 0 Å². The van der Waals surface area contributed by atoms with Crippen LogP contribution in [0.5, 0.6) is 11.5 Å². The summed E-state index contributed by atoms with van der Waals surface area (Å²) in [5, 5.41) is 9.33. The van der Waals surface area contributed by atoms with Gasteiger partial charge in [-0.25, -0.2) is 0 Å². The summed E-state index contributed by atoms with van der Waals surface area (Å²) in [5.74, 6) is 6.81. The molecule has 0 fully saturated rings. The zero-order valence-corrected chi connectivity index (χ0v) is 13.3. The van der Waals surface area contributed by atoms with Gasteiger partial charge in [0.1, 0.15) is 11.5 Å². The molecule has 0 unspecified atom stereocenters. The van der Waals surface area contributed by atoms with Crippen molar-refractivity contribution in [2.45, 2.75) is 20.5 Å². The number of aliphatic hydroxyl groups excluding tert-OH is 1. The first-order valence-electron chi connectivity index (χ1n) is 7.12. The van der Waals surface area contributed by atoms with Crippen molar-refractivity contribution in [3.8, 4) is 23.3 Å². The Morgan fingerprint density at radius 2 is 1.87 bits per heavy atom. The molecule has 0 aliphatic heterocycles. The molecule has 0 heterocycles. The van der Waals surface area contributed by atoms with Crippen LogP contribution in [0.25, 0.3) is 0 Å². The molecule has 0 saturated carbocycles. The molecule has 2 aromatic rings. The van der Waals surface area contributed by atoms with E-state index < -0.39 is 5.97 Å². The summed E-state index contributed by atoms with van der Waals surface area (Å²) in [6.07, 6.45) is 0. The van der Waals surface area contributed by atoms with E-state index >= 15 is 0 Å². The number of hydrogen-bond acceptors (Lipinski definition) is 4. The molecular weight excluding hydrogens is 292 g/mol. The first-order chi connectivity index (χ1) is 11.0. The van der Waals surface area contributed by atoms with Crippen molar-refractivity contribution in [2.24, 2.45) is 0 Å². The molecule has 0 aromatic heterocycles. The predicted molar refractivity (Wildman–Crippen MR) is 87.4 cm³/mol. The summed E-state index contributed by atoms with van der Waals surface area (Å²) >= 11 is 0. The molecule has 0 amide bonds. The average Bonchev–Trinajstić information content (AvgIpc) is 2.55. The van der Waals surface area contributed by atoms with E-state index in [4.69, 9.17) is 9.47 Å². The fraction of sp³-hybridized carbons (Fsp3) is 0.211. The lowest BCUT2D eigenvalue weighted by Crippen LogP contribution is -2.05. The van der Waals surface area contributed by atoms with E-state index in [0.717, 1.165) is 22.4 Å². The Kier molecular flexibility index (Phi) is 5.40. The number of benzene rings is 2. The third kappa shape index (κ3) is 4.35. The molecular formula is C19H18O4. The van der Waals surface area contributed by atoms with Gasteiger partial charge >= 0.3 is 5.97 Å². The maximum atomic E-state index is 11.3. The van der Waals surface area contributed by atoms with E-state index in [9.17, 15) is 9.90 Å². The molecule has 0 saturated heterocycles. The molecule has 2 rings (SSSR count). The Morgan fingerprint density at radius 3 is 2.43 bits per heavy atom. The van der Waals surface area contributed by atoms with Crippen molar-refractivity contribution in [2.75, 3.05) is 7.11 Å². The highest BCUT2D eigenvalue weighted by molar-refractivity contribution is 5.71. The van der Waals surface area contributed by atoms with Gasteiger partial charge in [0.15, 0.2) is 0 Å². The molecule has 1 N–H and O–H groups in total. The van der Waals surface area contributed by atoms with Crippen molar-refractivity contribution < 1.29 is 19.4 Å². The summed E-state index contributed by atoms with van der Waals surface area (Å²) in [6, 6.07) is 10.8. The molecule has 2 aromatic carbocycles. The number of rotatable bonds is 3. The molecule has 4 nitrogen and oxygen atoms in total. The van der Waals surface area contributed by atoms with Crippen LogP contribution in [0.1, 0.15) is 29.2 Å². The van der Waals surface area contributed by atoms with Crippen LogP contribution < -0.4 is 9.47 Å². The van der Waals surface area contributed by atoms with Crippen LogP contribution in [0.15, 0.2) is 36.4 Å². The number of aryl methyl sites for hydroxylation is 1. The van der Waals surface area contributed by atoms with Gasteiger partial charge in [-0.05, 0) is 54.4 Å². The predicted octanol–water partition coefficient (Wildman–Crippen LogP) is 2.82. The first kappa shape index (κ1) is 16.6. The monoisotopic (exact) mass is 310 g/mol. The van der Waals surface area contributed by atoms with E-state index in [1.165, 1.54) is 6.92 Å². The van der Waals surface area contributed by atoms with Crippen LogP contribution in [0.4, 0.5) is 0 Å². The van der Waals surface area contributed by atoms with Crippen molar-refractivity contribution in [3.63, 3.8) is 0 Å². The number of hydrogen-bond donors (Lipinski definition) is 1. The van der Waals surface area contributed by atoms with Crippen molar-refractivity contribution in [1.29, 1.82) is 0 Å². The van der Waals surface area contributed by atoms with Crippen molar-refractivity contribution in [1.82, 2.24) is 0 Å². The summed E-state index contributed by atoms with van der Waals surface area (Å²) in [6.45, 7) is 3.06. The van der Waals surface area contributed by atoms with Gasteiger partial charge in [-0.2, -0.15) is 0 Å². The molecule has 0 radical (unpaired) electrons. The number of methoxy groups -OCH3 is 1. The molecule has 0 spiro atoms. The van der Waals surface area contributed by atoms with Crippen molar-refractivity contribution >= 4 is 5.97 Å². The average molecular weight is 310 g/mol. The van der Waals surface area contributed by atoms with Gasteiger partial charge in [0.25, 0.3) is 0 Å². The number of ether oxygens (including phenoxy) is 2. The van der Waals surface area contributed by atoms with E-state index in [1.807, 2.05) is 31.2 Å². The fourth-order valence-electron chi connectivity index (χ4n) is 2.13. The van der Waals surface area contributed by atoms with E-state index in [-0.39, 0.29) is 6.61 Å². The maximum Gasteiger partial charge on any atom is 0.308 e. The Hall–Kier alpha value is -2.77. The standard InChI is InChI=1S/C19H18O4/c1-13-10-16(12-20)11-17(19(13)23-14(2)21)7-4-15-5-8-18(22-3)9-6-15/h5-6,8-11,20H,12H2,1-3H3. The van der Waals surface area contributed by atoms with Crippen LogP contribution >= 0.6 is 0 Å². The van der Waals surface area contributed by atoms with E-state index in [2.05, 4.69) is 11.8 Å². The highest BCUT2D eigenvalue weighted by Crippen LogP contribution is 2.25. The van der Waals surface area contributed by atoms with Crippen LogP contribution in [0.2, 0.25) is 0 Å². The molecule has 0 bridgehead atoms. The third-order valence-corrected chi connectivity index (χ3v) is 3.19. The highest BCUT2D eigenvalue weighted by atomic mass is 16.5. The second-order valence-corrected chi connectivity index (χ2v) is 5.02. The number of aliphatic hydroxyl groups is 1. The van der Waals surface area contributed by atoms with Crippen molar-refractivity contribution in [3.05, 3.63) is 58.7 Å². The normalized spacial score (nSPS) is 9.74. The topological polar surface area (TPSA) is 55.8 Å². The summed E-state index contributed by atoms with van der Waals surface area (Å²) in [7, 11) is 1.61. The Labute approximate surface area is 135 Å². The molecule has 118 valence electrons. The zero-order valence-electron chi connectivity index (χ0n) is 13.3. The lowest BCUT2D eigenvalue weighted by Gasteiger charge is -2.10. The van der Waals surface area contributed by atoms with Gasteiger partial charge in [-0.3, -0.25) is 4.79 Å². The molecule has 0 aliphatic rings. The van der Waals surface area contributed by atoms with Crippen LogP contribution in [-0.2, 0) is 11.4 Å².